The van der Waals surface area contributed by atoms with Gasteiger partial charge in [0.05, 0.1) is 0 Å². The molecule has 0 aromatic carbocycles. The van der Waals surface area contributed by atoms with Gasteiger partial charge in [-0.2, -0.15) is 0 Å². The lowest BCUT2D eigenvalue weighted by molar-refractivity contribution is 0.0488. The van der Waals surface area contributed by atoms with E-state index in [1.807, 2.05) is 11.3 Å². The van der Waals surface area contributed by atoms with Crippen molar-refractivity contribution < 1.29 is 4.74 Å². The van der Waals surface area contributed by atoms with Gasteiger partial charge in [-0.3, -0.25) is 0 Å². The number of thiophene rings is 1. The SMILES string of the molecule is CCCNC(C1CCOCC1)C1CCCc2sccc21. The highest BCUT2D eigenvalue weighted by Crippen LogP contribution is 2.40. The van der Waals surface area contributed by atoms with E-state index in [-0.39, 0.29) is 0 Å². The largest absolute Gasteiger partial charge is 0.381 e. The molecule has 0 radical (unpaired) electrons. The van der Waals surface area contributed by atoms with E-state index in [0.717, 1.165) is 31.6 Å². The number of hydrogen-bond acceptors (Lipinski definition) is 3. The van der Waals surface area contributed by atoms with Crippen molar-refractivity contribution in [2.45, 2.75) is 57.4 Å². The average Bonchev–Trinajstić information content (AvgIpc) is 2.98. The minimum absolute atomic E-state index is 0.660. The van der Waals surface area contributed by atoms with E-state index in [2.05, 4.69) is 23.7 Å². The monoisotopic (exact) mass is 293 g/mol. The second-order valence-corrected chi connectivity index (χ2v) is 7.23. The predicted octanol–water partition coefficient (Wildman–Crippen LogP) is 3.96. The van der Waals surface area contributed by atoms with Crippen LogP contribution in [-0.2, 0) is 11.2 Å². The first kappa shape index (κ1) is 14.6. The first-order valence-electron chi connectivity index (χ1n) is 8.27. The number of hydrogen-bond donors (Lipinski definition) is 1. The maximum absolute atomic E-state index is 5.57. The summed E-state index contributed by atoms with van der Waals surface area (Å²) in [5.41, 5.74) is 1.65. The predicted molar refractivity (Wildman–Crippen MR) is 85.6 cm³/mol. The first-order valence-corrected chi connectivity index (χ1v) is 9.15. The Bertz CT molecular complexity index is 411. The molecular formula is C17H27NOS. The maximum atomic E-state index is 5.57. The van der Waals surface area contributed by atoms with Crippen LogP contribution in [-0.4, -0.2) is 25.8 Å². The number of nitrogens with one attached hydrogen (secondary N) is 1. The quantitative estimate of drug-likeness (QED) is 0.887. The normalized spacial score (nSPS) is 25.4. The molecule has 2 unspecified atom stereocenters. The lowest BCUT2D eigenvalue weighted by Crippen LogP contribution is -2.44. The molecule has 0 saturated carbocycles. The molecule has 20 heavy (non-hydrogen) atoms. The van der Waals surface area contributed by atoms with E-state index in [9.17, 15) is 0 Å². The van der Waals surface area contributed by atoms with Gasteiger partial charge in [0.2, 0.25) is 0 Å². The Balaban J connectivity index is 1.78. The lowest BCUT2D eigenvalue weighted by atomic mass is 9.75. The van der Waals surface area contributed by atoms with E-state index in [4.69, 9.17) is 4.74 Å². The molecule has 1 aliphatic carbocycles. The van der Waals surface area contributed by atoms with E-state index in [1.165, 1.54) is 38.5 Å². The third-order valence-electron chi connectivity index (χ3n) is 4.94. The van der Waals surface area contributed by atoms with E-state index in [1.54, 1.807) is 10.4 Å². The van der Waals surface area contributed by atoms with Crippen LogP contribution in [0.5, 0.6) is 0 Å². The molecule has 2 aliphatic rings. The highest BCUT2D eigenvalue weighted by Gasteiger charge is 2.34. The second kappa shape index (κ2) is 7.06. The van der Waals surface area contributed by atoms with Crippen LogP contribution < -0.4 is 5.32 Å². The molecule has 1 aliphatic heterocycles. The van der Waals surface area contributed by atoms with Gasteiger partial charge in [-0.25, -0.2) is 0 Å². The van der Waals surface area contributed by atoms with Crippen molar-refractivity contribution in [3.63, 3.8) is 0 Å². The van der Waals surface area contributed by atoms with Crippen LogP contribution >= 0.6 is 11.3 Å². The molecule has 1 fully saturated rings. The van der Waals surface area contributed by atoms with Crippen molar-refractivity contribution in [3.8, 4) is 0 Å². The van der Waals surface area contributed by atoms with Gasteiger partial charge in [-0.15, -0.1) is 11.3 Å². The fourth-order valence-electron chi connectivity index (χ4n) is 3.92. The highest BCUT2D eigenvalue weighted by molar-refractivity contribution is 7.10. The molecule has 3 rings (SSSR count). The highest BCUT2D eigenvalue weighted by atomic mass is 32.1. The Morgan fingerprint density at radius 3 is 3.00 bits per heavy atom. The van der Waals surface area contributed by atoms with E-state index < -0.39 is 0 Å². The van der Waals surface area contributed by atoms with Crippen molar-refractivity contribution in [2.24, 2.45) is 5.92 Å². The van der Waals surface area contributed by atoms with Crippen molar-refractivity contribution in [1.82, 2.24) is 5.32 Å². The molecule has 0 spiro atoms. The Hall–Kier alpha value is -0.380. The molecule has 0 amide bonds. The Labute approximate surface area is 126 Å². The van der Waals surface area contributed by atoms with Crippen LogP contribution in [0.1, 0.15) is 55.4 Å². The number of aryl methyl sites for hydroxylation is 1. The van der Waals surface area contributed by atoms with Gasteiger partial charge in [-0.05, 0) is 68.0 Å². The summed E-state index contributed by atoms with van der Waals surface area (Å²) in [6, 6.07) is 3.05. The molecule has 1 saturated heterocycles. The topological polar surface area (TPSA) is 21.3 Å². The summed E-state index contributed by atoms with van der Waals surface area (Å²) in [6.45, 7) is 5.33. The smallest absolute Gasteiger partial charge is 0.0469 e. The summed E-state index contributed by atoms with van der Waals surface area (Å²) < 4.78 is 5.57. The zero-order valence-electron chi connectivity index (χ0n) is 12.6. The van der Waals surface area contributed by atoms with Gasteiger partial charge in [0.1, 0.15) is 0 Å². The summed E-state index contributed by atoms with van der Waals surface area (Å²) in [6.07, 6.45) is 7.73. The van der Waals surface area contributed by atoms with Crippen LogP contribution in [0, 0.1) is 5.92 Å². The molecule has 3 heteroatoms. The van der Waals surface area contributed by atoms with Gasteiger partial charge in [0.15, 0.2) is 0 Å². The molecule has 1 aromatic rings. The first-order chi connectivity index (χ1) is 9.90. The average molecular weight is 293 g/mol. The van der Waals surface area contributed by atoms with Crippen LogP contribution in [0.3, 0.4) is 0 Å². The van der Waals surface area contributed by atoms with E-state index in [0.29, 0.717) is 6.04 Å². The second-order valence-electron chi connectivity index (χ2n) is 6.23. The zero-order valence-corrected chi connectivity index (χ0v) is 13.4. The Kier molecular flexibility index (Phi) is 5.14. The summed E-state index contributed by atoms with van der Waals surface area (Å²) in [4.78, 5) is 1.65. The number of rotatable bonds is 5. The third kappa shape index (κ3) is 3.10. The lowest BCUT2D eigenvalue weighted by Gasteiger charge is -2.38. The minimum atomic E-state index is 0.660. The van der Waals surface area contributed by atoms with Crippen molar-refractivity contribution in [1.29, 1.82) is 0 Å². The van der Waals surface area contributed by atoms with Crippen LogP contribution in [0.15, 0.2) is 11.4 Å². The molecule has 2 heterocycles. The molecule has 1 N–H and O–H groups in total. The zero-order chi connectivity index (χ0) is 13.8. The van der Waals surface area contributed by atoms with Gasteiger partial charge in [0.25, 0.3) is 0 Å². The van der Waals surface area contributed by atoms with Gasteiger partial charge in [0, 0.05) is 30.1 Å². The molecule has 2 nitrogen and oxygen atoms in total. The maximum Gasteiger partial charge on any atom is 0.0469 e. The van der Waals surface area contributed by atoms with Crippen LogP contribution in [0.4, 0.5) is 0 Å². The fourth-order valence-corrected chi connectivity index (χ4v) is 4.92. The Morgan fingerprint density at radius 1 is 1.35 bits per heavy atom. The van der Waals surface area contributed by atoms with Gasteiger partial charge < -0.3 is 10.1 Å². The number of ether oxygens (including phenoxy) is 1. The van der Waals surface area contributed by atoms with Crippen LogP contribution in [0.2, 0.25) is 0 Å². The number of fused-ring (bicyclic) bond motifs is 1. The molecular weight excluding hydrogens is 266 g/mol. The summed E-state index contributed by atoms with van der Waals surface area (Å²) in [5.74, 6) is 1.53. The summed E-state index contributed by atoms with van der Waals surface area (Å²) in [5, 5.41) is 6.18. The van der Waals surface area contributed by atoms with Crippen molar-refractivity contribution >= 4 is 11.3 Å². The minimum Gasteiger partial charge on any atom is -0.381 e. The summed E-state index contributed by atoms with van der Waals surface area (Å²) >= 11 is 1.96. The van der Waals surface area contributed by atoms with Gasteiger partial charge in [-0.1, -0.05) is 6.92 Å². The fraction of sp³-hybridized carbons (Fsp3) is 0.765. The summed E-state index contributed by atoms with van der Waals surface area (Å²) in [7, 11) is 0. The third-order valence-corrected chi connectivity index (χ3v) is 5.93. The molecule has 112 valence electrons. The molecule has 0 bridgehead atoms. The van der Waals surface area contributed by atoms with Crippen LogP contribution in [0.25, 0.3) is 0 Å². The van der Waals surface area contributed by atoms with Crippen molar-refractivity contribution in [3.05, 3.63) is 21.9 Å². The Morgan fingerprint density at radius 2 is 2.20 bits per heavy atom. The molecule has 1 aromatic heterocycles. The standard InChI is InChI=1S/C17H27NOS/c1-2-9-18-17(13-6-10-19-11-7-13)15-4-3-5-16-14(15)8-12-20-16/h8,12-13,15,17-18H,2-7,9-11H2,1H3. The van der Waals surface area contributed by atoms with Gasteiger partial charge >= 0.3 is 0 Å². The molecule has 2 atom stereocenters. The van der Waals surface area contributed by atoms with E-state index >= 15 is 0 Å². The van der Waals surface area contributed by atoms with Crippen molar-refractivity contribution in [2.75, 3.05) is 19.8 Å².